The minimum Gasteiger partial charge on any atom is -0.371 e. The van der Waals surface area contributed by atoms with Gasteiger partial charge in [0.2, 0.25) is 0 Å². The SMILES string of the molecule is O=CCOC1CCCCCCC1. The fraction of sp³-hybridized carbons (Fsp3) is 0.900. The molecule has 0 saturated heterocycles. The van der Waals surface area contributed by atoms with Gasteiger partial charge in [0.05, 0.1) is 6.10 Å². The first kappa shape index (κ1) is 9.72. The maximum Gasteiger partial charge on any atom is 0.145 e. The first-order valence-electron chi connectivity index (χ1n) is 4.98. The molecule has 0 aromatic heterocycles. The van der Waals surface area contributed by atoms with Crippen LogP contribution in [0.2, 0.25) is 0 Å². The van der Waals surface area contributed by atoms with Gasteiger partial charge < -0.3 is 9.53 Å². The molecule has 0 radical (unpaired) electrons. The normalized spacial score (nSPS) is 21.3. The second-order valence-electron chi connectivity index (χ2n) is 3.47. The molecular weight excluding hydrogens is 152 g/mol. The zero-order valence-electron chi connectivity index (χ0n) is 7.63. The van der Waals surface area contributed by atoms with Crippen LogP contribution < -0.4 is 0 Å². The van der Waals surface area contributed by atoms with Gasteiger partial charge in [-0.15, -0.1) is 0 Å². The van der Waals surface area contributed by atoms with Crippen LogP contribution in [-0.4, -0.2) is 19.0 Å². The summed E-state index contributed by atoms with van der Waals surface area (Å²) in [5, 5.41) is 0. The quantitative estimate of drug-likeness (QED) is 0.607. The summed E-state index contributed by atoms with van der Waals surface area (Å²) >= 11 is 0. The molecule has 0 atom stereocenters. The predicted molar refractivity (Wildman–Crippen MR) is 48.1 cm³/mol. The van der Waals surface area contributed by atoms with Gasteiger partial charge in [0.1, 0.15) is 12.9 Å². The minimum atomic E-state index is 0.282. The summed E-state index contributed by atoms with van der Waals surface area (Å²) in [6, 6.07) is 0. The Hall–Kier alpha value is -0.370. The van der Waals surface area contributed by atoms with E-state index < -0.39 is 0 Å². The van der Waals surface area contributed by atoms with E-state index in [1.807, 2.05) is 0 Å². The average molecular weight is 170 g/mol. The van der Waals surface area contributed by atoms with Crippen molar-refractivity contribution in [1.29, 1.82) is 0 Å². The van der Waals surface area contributed by atoms with E-state index in [9.17, 15) is 4.79 Å². The van der Waals surface area contributed by atoms with Gasteiger partial charge in [-0.3, -0.25) is 0 Å². The molecule has 0 N–H and O–H groups in total. The van der Waals surface area contributed by atoms with Crippen molar-refractivity contribution in [2.75, 3.05) is 6.61 Å². The Morgan fingerprint density at radius 2 is 1.67 bits per heavy atom. The van der Waals surface area contributed by atoms with Crippen LogP contribution in [0.4, 0.5) is 0 Å². The molecule has 0 unspecified atom stereocenters. The van der Waals surface area contributed by atoms with Gasteiger partial charge in [-0.25, -0.2) is 0 Å². The lowest BCUT2D eigenvalue weighted by atomic mass is 9.99. The first-order chi connectivity index (χ1) is 5.93. The van der Waals surface area contributed by atoms with Gasteiger partial charge in [0.15, 0.2) is 0 Å². The summed E-state index contributed by atoms with van der Waals surface area (Å²) in [4.78, 5) is 10.1. The summed E-state index contributed by atoms with van der Waals surface area (Å²) in [6.07, 6.45) is 10.1. The van der Waals surface area contributed by atoms with Gasteiger partial charge in [-0.2, -0.15) is 0 Å². The first-order valence-corrected chi connectivity index (χ1v) is 4.98. The van der Waals surface area contributed by atoms with E-state index in [2.05, 4.69) is 0 Å². The Kier molecular flexibility index (Phi) is 5.00. The molecule has 70 valence electrons. The van der Waals surface area contributed by atoms with Crippen LogP contribution in [0.15, 0.2) is 0 Å². The van der Waals surface area contributed by atoms with Crippen molar-refractivity contribution < 1.29 is 9.53 Å². The third kappa shape index (κ3) is 3.86. The zero-order valence-corrected chi connectivity index (χ0v) is 7.63. The molecule has 0 bridgehead atoms. The van der Waals surface area contributed by atoms with E-state index in [4.69, 9.17) is 4.74 Å². The Balaban J connectivity index is 2.15. The van der Waals surface area contributed by atoms with Crippen LogP contribution in [0.5, 0.6) is 0 Å². The van der Waals surface area contributed by atoms with Crippen molar-refractivity contribution >= 4 is 6.29 Å². The number of carbonyl (C=O) groups is 1. The van der Waals surface area contributed by atoms with Crippen LogP contribution in [0, 0.1) is 0 Å². The van der Waals surface area contributed by atoms with E-state index in [1.165, 1.54) is 32.1 Å². The topological polar surface area (TPSA) is 26.3 Å². The lowest BCUT2D eigenvalue weighted by Gasteiger charge is -2.18. The summed E-state index contributed by atoms with van der Waals surface area (Å²) in [5.74, 6) is 0. The monoisotopic (exact) mass is 170 g/mol. The van der Waals surface area contributed by atoms with Gasteiger partial charge >= 0.3 is 0 Å². The molecule has 0 aromatic rings. The van der Waals surface area contributed by atoms with Gasteiger partial charge in [-0.05, 0) is 12.8 Å². The molecule has 1 aliphatic rings. The van der Waals surface area contributed by atoms with Crippen LogP contribution in [-0.2, 0) is 9.53 Å². The highest BCUT2D eigenvalue weighted by Crippen LogP contribution is 2.18. The van der Waals surface area contributed by atoms with Crippen molar-refractivity contribution in [2.45, 2.75) is 51.0 Å². The standard InChI is InChI=1S/C10H18O2/c11-8-9-12-10-6-4-2-1-3-5-7-10/h8,10H,1-7,9H2. The lowest BCUT2D eigenvalue weighted by molar-refractivity contribution is -0.114. The second kappa shape index (κ2) is 6.18. The molecule has 0 aliphatic heterocycles. The summed E-state index contributed by atoms with van der Waals surface area (Å²) < 4.78 is 5.40. The summed E-state index contributed by atoms with van der Waals surface area (Å²) in [6.45, 7) is 0.282. The van der Waals surface area contributed by atoms with Crippen molar-refractivity contribution in [1.82, 2.24) is 0 Å². The number of hydrogen-bond acceptors (Lipinski definition) is 2. The minimum absolute atomic E-state index is 0.282. The molecule has 0 aromatic carbocycles. The highest BCUT2D eigenvalue weighted by atomic mass is 16.5. The van der Waals surface area contributed by atoms with E-state index in [-0.39, 0.29) is 6.61 Å². The van der Waals surface area contributed by atoms with Crippen LogP contribution in [0.1, 0.15) is 44.9 Å². The lowest BCUT2D eigenvalue weighted by Crippen LogP contribution is -2.15. The van der Waals surface area contributed by atoms with E-state index >= 15 is 0 Å². The Labute approximate surface area is 74.3 Å². The largest absolute Gasteiger partial charge is 0.371 e. The van der Waals surface area contributed by atoms with Gasteiger partial charge in [-0.1, -0.05) is 32.1 Å². The van der Waals surface area contributed by atoms with E-state index in [0.29, 0.717) is 6.10 Å². The number of rotatable bonds is 3. The van der Waals surface area contributed by atoms with Crippen molar-refractivity contribution in [2.24, 2.45) is 0 Å². The maximum absolute atomic E-state index is 10.1. The second-order valence-corrected chi connectivity index (χ2v) is 3.47. The third-order valence-electron chi connectivity index (χ3n) is 2.45. The Bertz CT molecular complexity index is 115. The van der Waals surface area contributed by atoms with Crippen molar-refractivity contribution in [3.8, 4) is 0 Å². The molecule has 2 heteroatoms. The fourth-order valence-electron chi connectivity index (χ4n) is 1.76. The molecule has 0 heterocycles. The van der Waals surface area contributed by atoms with E-state index in [0.717, 1.165) is 19.1 Å². The maximum atomic E-state index is 10.1. The molecular formula is C10H18O2. The number of ether oxygens (including phenoxy) is 1. The van der Waals surface area contributed by atoms with Crippen LogP contribution in [0.25, 0.3) is 0 Å². The number of hydrogen-bond donors (Lipinski definition) is 0. The Morgan fingerprint density at radius 3 is 2.25 bits per heavy atom. The smallest absolute Gasteiger partial charge is 0.145 e. The van der Waals surface area contributed by atoms with E-state index in [1.54, 1.807) is 0 Å². The molecule has 1 rings (SSSR count). The number of carbonyl (C=O) groups excluding carboxylic acids is 1. The van der Waals surface area contributed by atoms with Gasteiger partial charge in [0.25, 0.3) is 0 Å². The molecule has 2 nitrogen and oxygen atoms in total. The summed E-state index contributed by atoms with van der Waals surface area (Å²) in [7, 11) is 0. The fourth-order valence-corrected chi connectivity index (χ4v) is 1.76. The molecule has 12 heavy (non-hydrogen) atoms. The number of aldehydes is 1. The highest BCUT2D eigenvalue weighted by Gasteiger charge is 2.10. The molecule has 0 spiro atoms. The molecule has 1 saturated carbocycles. The van der Waals surface area contributed by atoms with Crippen molar-refractivity contribution in [3.63, 3.8) is 0 Å². The third-order valence-corrected chi connectivity index (χ3v) is 2.45. The van der Waals surface area contributed by atoms with Crippen molar-refractivity contribution in [3.05, 3.63) is 0 Å². The average Bonchev–Trinajstić information content (AvgIpc) is 2.02. The molecule has 0 amide bonds. The Morgan fingerprint density at radius 1 is 1.08 bits per heavy atom. The molecule has 1 fully saturated rings. The highest BCUT2D eigenvalue weighted by molar-refractivity contribution is 5.50. The summed E-state index contributed by atoms with van der Waals surface area (Å²) in [5.41, 5.74) is 0. The predicted octanol–water partition coefficient (Wildman–Crippen LogP) is 2.31. The van der Waals surface area contributed by atoms with Crippen LogP contribution >= 0.6 is 0 Å². The van der Waals surface area contributed by atoms with Crippen LogP contribution in [0.3, 0.4) is 0 Å². The zero-order chi connectivity index (χ0) is 8.65. The van der Waals surface area contributed by atoms with Gasteiger partial charge in [0, 0.05) is 0 Å². The molecule has 1 aliphatic carbocycles.